The lowest BCUT2D eigenvalue weighted by molar-refractivity contribution is -0.140. The number of fused-ring (bicyclic) bond motifs is 4. The summed E-state index contributed by atoms with van der Waals surface area (Å²) >= 11 is 2.21. The molecule has 0 amide bonds. The molecule has 1 aliphatic rings. The Labute approximate surface area is 192 Å². The molecule has 1 aliphatic carbocycles. The van der Waals surface area contributed by atoms with E-state index in [2.05, 4.69) is 15.0 Å². The van der Waals surface area contributed by atoms with Gasteiger partial charge < -0.3 is 4.98 Å². The molecule has 1 N–H and O–H groups in total. The zero-order valence-electron chi connectivity index (χ0n) is 17.2. The third-order valence-corrected chi connectivity index (χ3v) is 8.23. The van der Waals surface area contributed by atoms with E-state index in [1.807, 2.05) is 6.07 Å². The summed E-state index contributed by atoms with van der Waals surface area (Å²) in [7, 11) is 0. The number of nitriles is 1. The topological polar surface area (TPSA) is 99.5 Å². The average Bonchev–Trinajstić information content (AvgIpc) is 3.31. The number of hydrogen-bond donors (Lipinski definition) is 1. The summed E-state index contributed by atoms with van der Waals surface area (Å²) in [4.78, 5) is 38.6. The van der Waals surface area contributed by atoms with Crippen LogP contribution in [0.15, 0.2) is 16.9 Å². The van der Waals surface area contributed by atoms with E-state index in [4.69, 9.17) is 0 Å². The van der Waals surface area contributed by atoms with Gasteiger partial charge in [0.1, 0.15) is 21.2 Å². The zero-order chi connectivity index (χ0) is 23.5. The van der Waals surface area contributed by atoms with Crippen LogP contribution in [-0.2, 0) is 19.0 Å². The van der Waals surface area contributed by atoms with Crippen molar-refractivity contribution in [2.75, 3.05) is 0 Å². The van der Waals surface area contributed by atoms with E-state index in [0.717, 1.165) is 53.5 Å². The summed E-state index contributed by atoms with van der Waals surface area (Å²) in [5.41, 5.74) is 0.00181. The van der Waals surface area contributed by atoms with Gasteiger partial charge in [-0.25, -0.2) is 9.97 Å². The molecule has 4 aromatic heterocycles. The Kier molecular flexibility index (Phi) is 5.10. The van der Waals surface area contributed by atoms with E-state index in [-0.39, 0.29) is 21.1 Å². The van der Waals surface area contributed by atoms with Crippen LogP contribution >= 0.6 is 22.7 Å². The monoisotopic (exact) mass is 488 g/mol. The molecule has 4 aromatic rings. The summed E-state index contributed by atoms with van der Waals surface area (Å²) in [6.07, 6.45) is -0.897. The van der Waals surface area contributed by atoms with Gasteiger partial charge in [-0.05, 0) is 55.9 Å². The van der Waals surface area contributed by atoms with Crippen molar-refractivity contribution in [1.82, 2.24) is 15.0 Å². The lowest BCUT2D eigenvalue weighted by Crippen LogP contribution is -2.19. The first-order valence-corrected chi connectivity index (χ1v) is 11.8. The second-order valence-electron chi connectivity index (χ2n) is 7.87. The quantitative estimate of drug-likeness (QED) is 0.395. The van der Waals surface area contributed by atoms with Crippen molar-refractivity contribution >= 4 is 48.9 Å². The van der Waals surface area contributed by atoms with Crippen LogP contribution in [0.25, 0.3) is 20.4 Å². The zero-order valence-corrected chi connectivity index (χ0v) is 18.8. The first-order chi connectivity index (χ1) is 15.7. The Morgan fingerprint density at radius 3 is 2.67 bits per heavy atom. The Morgan fingerprint density at radius 1 is 1.18 bits per heavy atom. The Hall–Kier alpha value is -3.10. The van der Waals surface area contributed by atoms with Gasteiger partial charge in [-0.2, -0.15) is 18.4 Å². The van der Waals surface area contributed by atoms with Crippen LogP contribution in [0, 0.1) is 18.3 Å². The molecule has 33 heavy (non-hydrogen) atoms. The van der Waals surface area contributed by atoms with Crippen molar-refractivity contribution < 1.29 is 18.0 Å². The molecule has 0 aliphatic heterocycles. The number of alkyl halides is 3. The van der Waals surface area contributed by atoms with Gasteiger partial charge >= 0.3 is 6.18 Å². The summed E-state index contributed by atoms with van der Waals surface area (Å²) in [6.45, 7) is 1.60. The SMILES string of the molecule is Cc1c(C(=O)C(C#N)c2nc3sc4c(c3c(=O)[nH]2)CCCC4)sc2nc(C(F)(F)F)ccc12. The average molecular weight is 489 g/mol. The van der Waals surface area contributed by atoms with Crippen LogP contribution in [0.3, 0.4) is 0 Å². The maximum Gasteiger partial charge on any atom is 0.433 e. The standard InChI is InChI=1S/C22H15F3N4O2S2/c1-9-10-6-7-14(22(23,24)25)27-20(10)33-17(9)16(30)12(8-26)18-28-19(31)15-11-4-2-3-5-13(11)32-21(15)29-18/h6-7,12H,2-5H2,1H3,(H,28,29,31). The first-order valence-electron chi connectivity index (χ1n) is 10.1. The van der Waals surface area contributed by atoms with Gasteiger partial charge in [-0.1, -0.05) is 0 Å². The third-order valence-electron chi connectivity index (χ3n) is 5.83. The number of Topliss-reactive ketones (excluding diaryl/α,β-unsaturated/α-hetero) is 1. The van der Waals surface area contributed by atoms with Crippen molar-refractivity contribution in [2.45, 2.75) is 44.7 Å². The number of H-pyrrole nitrogens is 1. The molecule has 1 unspecified atom stereocenters. The number of aromatic nitrogens is 3. The second kappa shape index (κ2) is 7.74. The minimum atomic E-state index is -4.61. The number of thiophene rings is 2. The van der Waals surface area contributed by atoms with Crippen molar-refractivity contribution in [2.24, 2.45) is 0 Å². The van der Waals surface area contributed by atoms with Crippen molar-refractivity contribution in [1.29, 1.82) is 5.26 Å². The van der Waals surface area contributed by atoms with Crippen LogP contribution < -0.4 is 5.56 Å². The van der Waals surface area contributed by atoms with Gasteiger partial charge in [-0.15, -0.1) is 22.7 Å². The second-order valence-corrected chi connectivity index (χ2v) is 9.95. The number of nitrogens with one attached hydrogen (secondary N) is 1. The molecule has 0 spiro atoms. The highest BCUT2D eigenvalue weighted by Crippen LogP contribution is 2.37. The van der Waals surface area contributed by atoms with Crippen molar-refractivity contribution in [3.8, 4) is 6.07 Å². The van der Waals surface area contributed by atoms with Crippen molar-refractivity contribution in [3.05, 3.63) is 54.9 Å². The molecule has 0 bridgehead atoms. The predicted molar refractivity (Wildman–Crippen MR) is 119 cm³/mol. The van der Waals surface area contributed by atoms with E-state index in [1.54, 1.807) is 6.92 Å². The predicted octanol–water partition coefficient (Wildman–Crippen LogP) is 5.29. The maximum absolute atomic E-state index is 13.3. The van der Waals surface area contributed by atoms with Crippen LogP contribution in [0.2, 0.25) is 0 Å². The number of rotatable bonds is 3. The molecular weight excluding hydrogens is 473 g/mol. The van der Waals surface area contributed by atoms with Gasteiger partial charge in [-0.3, -0.25) is 9.59 Å². The van der Waals surface area contributed by atoms with E-state index in [0.29, 0.717) is 21.2 Å². The number of pyridine rings is 1. The third kappa shape index (κ3) is 3.54. The number of carbonyl (C=O) groups is 1. The number of carbonyl (C=O) groups excluding carboxylic acids is 1. The molecule has 168 valence electrons. The normalized spacial score (nSPS) is 14.9. The number of nitrogens with zero attached hydrogens (tertiary/aromatic N) is 3. The molecule has 0 saturated carbocycles. The Bertz CT molecular complexity index is 1540. The molecule has 1 atom stereocenters. The van der Waals surface area contributed by atoms with Crippen LogP contribution in [0.4, 0.5) is 13.2 Å². The minimum Gasteiger partial charge on any atom is -0.308 e. The van der Waals surface area contributed by atoms with E-state index in [1.165, 1.54) is 17.4 Å². The molecule has 4 heterocycles. The van der Waals surface area contributed by atoms with Gasteiger partial charge in [0.05, 0.1) is 16.3 Å². The molecule has 11 heteroatoms. The minimum absolute atomic E-state index is 0.0561. The molecule has 0 saturated heterocycles. The van der Waals surface area contributed by atoms with Crippen molar-refractivity contribution in [3.63, 3.8) is 0 Å². The maximum atomic E-state index is 13.3. The van der Waals surface area contributed by atoms with E-state index in [9.17, 15) is 28.0 Å². The highest BCUT2D eigenvalue weighted by atomic mass is 32.1. The Balaban J connectivity index is 1.58. The molecular formula is C22H15F3N4O2S2. The summed E-state index contributed by atoms with van der Waals surface area (Å²) in [5, 5.41) is 10.7. The first kappa shape index (κ1) is 21.7. The molecule has 0 aromatic carbocycles. The van der Waals surface area contributed by atoms with Crippen LogP contribution in [0.1, 0.15) is 56.0 Å². The van der Waals surface area contributed by atoms with Gasteiger partial charge in [0.25, 0.3) is 5.56 Å². The summed E-state index contributed by atoms with van der Waals surface area (Å²) in [6, 6.07) is 4.05. The number of aromatic amines is 1. The van der Waals surface area contributed by atoms with Gasteiger partial charge in [0.15, 0.2) is 11.7 Å². The van der Waals surface area contributed by atoms with E-state index >= 15 is 0 Å². The lowest BCUT2D eigenvalue weighted by Gasteiger charge is -2.10. The van der Waals surface area contributed by atoms with Gasteiger partial charge in [0.2, 0.25) is 0 Å². The van der Waals surface area contributed by atoms with E-state index < -0.39 is 23.6 Å². The number of hydrogen-bond acceptors (Lipinski definition) is 7. The number of aryl methyl sites for hydroxylation is 3. The molecule has 5 rings (SSSR count). The van der Waals surface area contributed by atoms with Crippen LogP contribution in [-0.4, -0.2) is 20.7 Å². The molecule has 0 radical (unpaired) electrons. The molecule has 6 nitrogen and oxygen atoms in total. The lowest BCUT2D eigenvalue weighted by atomic mass is 9.97. The molecule has 0 fully saturated rings. The largest absolute Gasteiger partial charge is 0.433 e. The smallest absolute Gasteiger partial charge is 0.308 e. The van der Waals surface area contributed by atoms with Crippen LogP contribution in [0.5, 0.6) is 0 Å². The highest BCUT2D eigenvalue weighted by molar-refractivity contribution is 7.20. The number of ketones is 1. The Morgan fingerprint density at radius 2 is 1.94 bits per heavy atom. The fourth-order valence-corrected chi connectivity index (χ4v) is 6.60. The summed E-state index contributed by atoms with van der Waals surface area (Å²) in [5.74, 6) is -2.08. The highest BCUT2D eigenvalue weighted by Gasteiger charge is 2.34. The van der Waals surface area contributed by atoms with Gasteiger partial charge in [0, 0.05) is 10.3 Å². The number of halogens is 3. The fraction of sp³-hybridized carbons (Fsp3) is 0.318. The summed E-state index contributed by atoms with van der Waals surface area (Å²) < 4.78 is 39.1. The fourth-order valence-electron chi connectivity index (χ4n) is 4.18.